The molecule has 0 spiro atoms. The van der Waals surface area contributed by atoms with E-state index >= 15 is 0 Å². The fraction of sp³-hybridized carbons (Fsp3) is 1.00. The Morgan fingerprint density at radius 3 is 0.714 bits per heavy atom. The Hall–Kier alpha value is 1.73. The molecule has 0 N–H and O–H groups in total. The van der Waals surface area contributed by atoms with Gasteiger partial charge in [0, 0.05) is 0 Å². The quantitative estimate of drug-likeness (QED) is 0.442. The highest BCUT2D eigenvalue weighted by Gasteiger charge is 2.37. The number of hydrogen-bond donors (Lipinski definition) is 0. The Labute approximate surface area is 96.6 Å². The molecule has 6 heteroatoms. The van der Waals surface area contributed by atoms with Crippen LogP contribution in [0.1, 0.15) is 0 Å². The maximum Gasteiger partial charge on any atom is -0.0977 e. The molecule has 1 aliphatic heterocycles. The molecule has 0 saturated carbocycles. The molecule has 0 amide bonds. The molecule has 1 rings (SSSR count). The van der Waals surface area contributed by atoms with Crippen LogP contribution in [0.15, 0.2) is 0 Å². The highest BCUT2D eigenvalue weighted by Crippen LogP contribution is 2.61. The molecule has 0 aromatic heterocycles. The fourth-order valence-electron chi connectivity index (χ4n) is 1.94. The van der Waals surface area contributed by atoms with Crippen molar-refractivity contribution >= 4 is 44.4 Å². The minimum Gasteiger partial charge on any atom is -0.550 e. The van der Waals surface area contributed by atoms with E-state index in [1.807, 2.05) is 15.4 Å². The van der Waals surface area contributed by atoms with Crippen LogP contribution in [0.25, 0.3) is 0 Å². The summed E-state index contributed by atoms with van der Waals surface area (Å²) >= 11 is 0. The SMILES string of the molecule is C[Si]1(C)[P-][Si](C)(C)[Si](C)(C)[P-][Si]1(C)C. The van der Waals surface area contributed by atoms with E-state index in [0.29, 0.717) is 0 Å². The molecule has 84 valence electrons. The zero-order valence-corrected chi connectivity index (χ0v) is 16.7. The van der Waals surface area contributed by atoms with Crippen molar-refractivity contribution in [2.75, 3.05) is 0 Å². The highest BCUT2D eigenvalue weighted by molar-refractivity contribution is 8.43. The summed E-state index contributed by atoms with van der Waals surface area (Å²) in [7, 11) is 0.618. The Balaban J connectivity index is 3.07. The van der Waals surface area contributed by atoms with E-state index in [2.05, 4.69) is 52.4 Å². The van der Waals surface area contributed by atoms with Gasteiger partial charge in [-0.05, 0) is 0 Å². The van der Waals surface area contributed by atoms with Gasteiger partial charge in [-0.25, -0.2) is 0 Å². The Bertz CT molecular complexity index is 198. The van der Waals surface area contributed by atoms with Crippen LogP contribution in [0, 0.1) is 0 Å². The predicted molar refractivity (Wildman–Crippen MR) is 83.8 cm³/mol. The summed E-state index contributed by atoms with van der Waals surface area (Å²) in [5.41, 5.74) is 0. The minimum absolute atomic E-state index is 0.847. The van der Waals surface area contributed by atoms with Crippen LogP contribution in [0.3, 0.4) is 0 Å². The van der Waals surface area contributed by atoms with Gasteiger partial charge in [-0.3, -0.25) is 0 Å². The zero-order valence-electron chi connectivity index (χ0n) is 10.9. The van der Waals surface area contributed by atoms with Crippen LogP contribution in [0.2, 0.25) is 52.4 Å². The predicted octanol–water partition coefficient (Wildman–Crippen LogP) is 4.87. The third-order valence-corrected chi connectivity index (χ3v) is 92.5. The Morgan fingerprint density at radius 2 is 0.571 bits per heavy atom. The molecule has 14 heavy (non-hydrogen) atoms. The summed E-state index contributed by atoms with van der Waals surface area (Å²) in [4.78, 5) is 0. The fourth-order valence-corrected chi connectivity index (χ4v) is 134. The lowest BCUT2D eigenvalue weighted by molar-refractivity contribution is 1.88. The third-order valence-electron chi connectivity index (χ3n) is 4.11. The van der Waals surface area contributed by atoms with E-state index in [-0.39, 0.29) is 0 Å². The van der Waals surface area contributed by atoms with Crippen molar-refractivity contribution < 1.29 is 0 Å². The van der Waals surface area contributed by atoms with E-state index in [4.69, 9.17) is 0 Å². The summed E-state index contributed by atoms with van der Waals surface area (Å²) in [6.45, 7) is 21.4. The van der Waals surface area contributed by atoms with Crippen LogP contribution in [0.5, 0.6) is 0 Å². The first-order chi connectivity index (χ1) is 5.91. The molecule has 0 radical (unpaired) electrons. The van der Waals surface area contributed by atoms with E-state index in [1.165, 1.54) is 0 Å². The van der Waals surface area contributed by atoms with Gasteiger partial charge in [-0.2, -0.15) is 0 Å². The Kier molecular flexibility index (Phi) is 3.56. The summed E-state index contributed by atoms with van der Waals surface area (Å²) < 4.78 is 0. The molecule has 0 aromatic rings. The van der Waals surface area contributed by atoms with Crippen LogP contribution < -0.4 is 0 Å². The second-order valence-corrected chi connectivity index (χ2v) is 58.2. The van der Waals surface area contributed by atoms with Gasteiger partial charge in [0.15, 0.2) is 0 Å². The zero-order chi connectivity index (χ0) is 11.4. The molecule has 1 heterocycles. The van der Waals surface area contributed by atoms with E-state index in [1.54, 1.807) is 0 Å². The summed E-state index contributed by atoms with van der Waals surface area (Å²) in [5.74, 6) is 0. The van der Waals surface area contributed by atoms with Crippen molar-refractivity contribution in [1.82, 2.24) is 0 Å². The second-order valence-electron chi connectivity index (χ2n) is 6.46. The minimum atomic E-state index is -0.847. The molecule has 0 atom stereocenters. The highest BCUT2D eigenvalue weighted by atomic mass is 31.8. The van der Waals surface area contributed by atoms with E-state index in [9.17, 15) is 0 Å². The third kappa shape index (κ3) is 2.21. The monoisotopic (exact) mass is 294 g/mol. The van der Waals surface area contributed by atoms with Crippen molar-refractivity contribution in [1.29, 1.82) is 0 Å². The number of rotatable bonds is 0. The second kappa shape index (κ2) is 3.61. The maximum absolute atomic E-state index is 2.67. The van der Waals surface area contributed by atoms with Crippen LogP contribution >= 0.6 is 15.4 Å². The van der Waals surface area contributed by atoms with Gasteiger partial charge in [0.25, 0.3) is 0 Å². The van der Waals surface area contributed by atoms with Gasteiger partial charge < -0.3 is 15.4 Å². The van der Waals surface area contributed by atoms with Crippen LogP contribution in [-0.4, -0.2) is 29.0 Å². The molecule has 0 aliphatic carbocycles. The molecular formula is C8H24P2Si4-2. The number of hydrogen-bond acceptors (Lipinski definition) is 0. The van der Waals surface area contributed by atoms with E-state index < -0.39 is 29.0 Å². The average Bonchev–Trinajstić information content (AvgIpc) is 1.78. The van der Waals surface area contributed by atoms with Crippen molar-refractivity contribution in [3.8, 4) is 0 Å². The molecule has 1 saturated heterocycles. The smallest absolute Gasteiger partial charge is 0.0977 e. The van der Waals surface area contributed by atoms with Crippen molar-refractivity contribution in [2.45, 2.75) is 52.4 Å². The normalized spacial score (nSPS) is 36.0. The van der Waals surface area contributed by atoms with E-state index in [0.717, 1.165) is 0 Å². The molecular weight excluding hydrogens is 270 g/mol. The lowest BCUT2D eigenvalue weighted by atomic mass is 11.9. The lowest BCUT2D eigenvalue weighted by Gasteiger charge is -2.78. The van der Waals surface area contributed by atoms with Crippen molar-refractivity contribution in [2.24, 2.45) is 0 Å². The van der Waals surface area contributed by atoms with Gasteiger partial charge >= 0.3 is 0 Å². The molecule has 0 bridgehead atoms. The maximum atomic E-state index is 2.67. The summed E-state index contributed by atoms with van der Waals surface area (Å²) in [5, 5.41) is 0. The average molecular weight is 295 g/mol. The van der Waals surface area contributed by atoms with Gasteiger partial charge in [0.05, 0.1) is 0 Å². The molecule has 1 fully saturated rings. The van der Waals surface area contributed by atoms with Gasteiger partial charge in [0.2, 0.25) is 0 Å². The largest absolute Gasteiger partial charge is 0.550 e. The topological polar surface area (TPSA) is 0 Å². The first kappa shape index (κ1) is 13.8. The molecule has 1 aliphatic rings. The molecule has 0 unspecified atom stereocenters. The Morgan fingerprint density at radius 1 is 0.429 bits per heavy atom. The lowest BCUT2D eigenvalue weighted by Crippen LogP contribution is -2.65. The summed E-state index contributed by atoms with van der Waals surface area (Å²) in [6, 6.07) is 0. The van der Waals surface area contributed by atoms with Crippen molar-refractivity contribution in [3.63, 3.8) is 0 Å². The first-order valence-corrected chi connectivity index (χ1v) is 24.5. The first-order valence-electron chi connectivity index (χ1n) is 5.39. The van der Waals surface area contributed by atoms with Crippen LogP contribution in [0.4, 0.5) is 0 Å². The molecule has 0 nitrogen and oxygen atoms in total. The van der Waals surface area contributed by atoms with Gasteiger partial charge in [-0.1, -0.05) is 52.4 Å². The van der Waals surface area contributed by atoms with Gasteiger partial charge in [0.1, 0.15) is 0 Å². The molecule has 0 aromatic carbocycles. The van der Waals surface area contributed by atoms with Gasteiger partial charge in [-0.15, -0.1) is 29.0 Å². The van der Waals surface area contributed by atoms with Crippen LogP contribution in [-0.2, 0) is 0 Å². The summed E-state index contributed by atoms with van der Waals surface area (Å²) in [6.07, 6.45) is 0. The standard InChI is InChI=1S/C8H24P2Si4/c1-11(2)9-13(5,6)14(7,8)10-12(11,3)4/h1-8H3/q-2. The van der Waals surface area contributed by atoms with Crippen molar-refractivity contribution in [3.05, 3.63) is 0 Å².